The van der Waals surface area contributed by atoms with Gasteiger partial charge in [-0.2, -0.15) is 0 Å². The quantitative estimate of drug-likeness (QED) is 0.681. The van der Waals surface area contributed by atoms with Crippen molar-refractivity contribution in [3.63, 3.8) is 0 Å². The first-order valence-corrected chi connectivity index (χ1v) is 6.80. The zero-order valence-electron chi connectivity index (χ0n) is 9.56. The van der Waals surface area contributed by atoms with E-state index in [0.29, 0.717) is 13.0 Å². The number of rotatable bonds is 6. The van der Waals surface area contributed by atoms with Crippen LogP contribution in [0.15, 0.2) is 0 Å². The van der Waals surface area contributed by atoms with Crippen molar-refractivity contribution in [3.05, 3.63) is 0 Å². The molecule has 1 amide bonds. The molecule has 0 aromatic rings. The average molecular weight is 236 g/mol. The lowest BCUT2D eigenvalue weighted by Gasteiger charge is -2.14. The molecule has 0 aliphatic heterocycles. The van der Waals surface area contributed by atoms with Crippen LogP contribution in [0, 0.1) is 0 Å². The molecule has 0 aliphatic carbocycles. The molecular formula is C9H20N2O3S. The standard InChI is InChI=1S/C9H20N2O3S/c1-4-11(3)9(12)7-15(13,14)6-5-8(2)10/h8H,4-7,10H2,1-3H3. The Bertz CT molecular complexity index is 298. The normalized spacial score (nSPS) is 13.6. The fourth-order valence-corrected chi connectivity index (χ4v) is 2.38. The molecule has 0 spiro atoms. The van der Waals surface area contributed by atoms with Crippen molar-refractivity contribution < 1.29 is 13.2 Å². The Hall–Kier alpha value is -0.620. The van der Waals surface area contributed by atoms with Crippen LogP contribution in [0.4, 0.5) is 0 Å². The monoisotopic (exact) mass is 236 g/mol. The van der Waals surface area contributed by atoms with Crippen LogP contribution in [0.25, 0.3) is 0 Å². The van der Waals surface area contributed by atoms with E-state index in [9.17, 15) is 13.2 Å². The van der Waals surface area contributed by atoms with E-state index < -0.39 is 15.6 Å². The first kappa shape index (κ1) is 14.4. The van der Waals surface area contributed by atoms with Gasteiger partial charge in [0.15, 0.2) is 9.84 Å². The topological polar surface area (TPSA) is 80.5 Å². The molecule has 0 aromatic carbocycles. The molecule has 0 heterocycles. The van der Waals surface area contributed by atoms with Gasteiger partial charge < -0.3 is 10.6 Å². The van der Waals surface area contributed by atoms with Crippen LogP contribution in [-0.4, -0.2) is 50.4 Å². The van der Waals surface area contributed by atoms with Gasteiger partial charge in [0, 0.05) is 19.6 Å². The van der Waals surface area contributed by atoms with Crippen LogP contribution in [-0.2, 0) is 14.6 Å². The number of amides is 1. The van der Waals surface area contributed by atoms with Crippen molar-refractivity contribution in [2.45, 2.75) is 26.3 Å². The number of carbonyl (C=O) groups excluding carboxylic acids is 1. The predicted molar refractivity (Wildman–Crippen MR) is 60.2 cm³/mol. The molecule has 0 saturated heterocycles. The smallest absolute Gasteiger partial charge is 0.237 e. The van der Waals surface area contributed by atoms with Gasteiger partial charge in [-0.15, -0.1) is 0 Å². The highest BCUT2D eigenvalue weighted by Crippen LogP contribution is 1.99. The Balaban J connectivity index is 4.20. The highest BCUT2D eigenvalue weighted by Gasteiger charge is 2.19. The molecular weight excluding hydrogens is 216 g/mol. The van der Waals surface area contributed by atoms with E-state index in [1.54, 1.807) is 20.9 Å². The van der Waals surface area contributed by atoms with Gasteiger partial charge in [-0.05, 0) is 20.3 Å². The molecule has 0 bridgehead atoms. The van der Waals surface area contributed by atoms with Crippen LogP contribution in [0.5, 0.6) is 0 Å². The molecule has 1 atom stereocenters. The minimum atomic E-state index is -3.30. The number of sulfone groups is 1. The third-order valence-corrected chi connectivity index (χ3v) is 3.67. The highest BCUT2D eigenvalue weighted by atomic mass is 32.2. The van der Waals surface area contributed by atoms with Gasteiger partial charge in [0.05, 0.1) is 5.75 Å². The highest BCUT2D eigenvalue weighted by molar-refractivity contribution is 7.92. The lowest BCUT2D eigenvalue weighted by Crippen LogP contribution is -2.33. The molecule has 90 valence electrons. The summed E-state index contributed by atoms with van der Waals surface area (Å²) in [6, 6.07) is -0.154. The predicted octanol–water partition coefficient (Wildman–Crippen LogP) is -0.383. The Kier molecular flexibility index (Phi) is 5.82. The van der Waals surface area contributed by atoms with Gasteiger partial charge in [-0.1, -0.05) is 0 Å². The first-order chi connectivity index (χ1) is 6.78. The summed E-state index contributed by atoms with van der Waals surface area (Å²) in [6.45, 7) is 4.06. The van der Waals surface area contributed by atoms with Crippen molar-refractivity contribution in [2.75, 3.05) is 25.1 Å². The Morgan fingerprint density at radius 3 is 2.40 bits per heavy atom. The van der Waals surface area contributed by atoms with Gasteiger partial charge in [0.1, 0.15) is 5.75 Å². The molecule has 0 radical (unpaired) electrons. The maximum atomic E-state index is 11.5. The molecule has 6 heteroatoms. The molecule has 5 nitrogen and oxygen atoms in total. The van der Waals surface area contributed by atoms with E-state index in [1.807, 2.05) is 0 Å². The summed E-state index contributed by atoms with van der Waals surface area (Å²) < 4.78 is 22.9. The van der Waals surface area contributed by atoms with E-state index in [0.717, 1.165) is 0 Å². The van der Waals surface area contributed by atoms with E-state index in [-0.39, 0.29) is 17.7 Å². The van der Waals surface area contributed by atoms with Gasteiger partial charge >= 0.3 is 0 Å². The van der Waals surface area contributed by atoms with Crippen LogP contribution in [0.3, 0.4) is 0 Å². The van der Waals surface area contributed by atoms with Crippen molar-refractivity contribution in [1.82, 2.24) is 4.90 Å². The molecule has 0 rings (SSSR count). The summed E-state index contributed by atoms with van der Waals surface area (Å²) in [5.41, 5.74) is 5.46. The van der Waals surface area contributed by atoms with Crippen molar-refractivity contribution in [1.29, 1.82) is 0 Å². The van der Waals surface area contributed by atoms with Crippen LogP contribution < -0.4 is 5.73 Å². The average Bonchev–Trinajstić information content (AvgIpc) is 2.13. The summed E-state index contributed by atoms with van der Waals surface area (Å²) >= 11 is 0. The molecule has 0 aliphatic rings. The Labute approximate surface area is 91.5 Å². The number of nitrogens with zero attached hydrogens (tertiary/aromatic N) is 1. The Morgan fingerprint density at radius 2 is 2.00 bits per heavy atom. The molecule has 0 aromatic heterocycles. The van der Waals surface area contributed by atoms with E-state index in [1.165, 1.54) is 4.90 Å². The minimum Gasteiger partial charge on any atom is -0.345 e. The number of nitrogens with two attached hydrogens (primary N) is 1. The van der Waals surface area contributed by atoms with Crippen molar-refractivity contribution in [3.8, 4) is 0 Å². The second kappa shape index (κ2) is 6.07. The molecule has 0 saturated carbocycles. The summed E-state index contributed by atoms with van der Waals surface area (Å²) in [5.74, 6) is -0.792. The van der Waals surface area contributed by atoms with Crippen molar-refractivity contribution in [2.24, 2.45) is 5.73 Å². The third kappa shape index (κ3) is 6.46. The van der Waals surface area contributed by atoms with Gasteiger partial charge in [0.25, 0.3) is 0 Å². The molecule has 1 unspecified atom stereocenters. The third-order valence-electron chi connectivity index (χ3n) is 2.13. The zero-order valence-corrected chi connectivity index (χ0v) is 10.4. The fraction of sp³-hybridized carbons (Fsp3) is 0.889. The fourth-order valence-electron chi connectivity index (χ4n) is 0.912. The largest absolute Gasteiger partial charge is 0.345 e. The van der Waals surface area contributed by atoms with Crippen molar-refractivity contribution >= 4 is 15.7 Å². The molecule has 15 heavy (non-hydrogen) atoms. The zero-order chi connectivity index (χ0) is 12.1. The second-order valence-corrected chi connectivity index (χ2v) is 5.95. The minimum absolute atomic E-state index is 0.0199. The maximum absolute atomic E-state index is 11.5. The first-order valence-electron chi connectivity index (χ1n) is 4.98. The number of hydrogen-bond acceptors (Lipinski definition) is 4. The van der Waals surface area contributed by atoms with Crippen LogP contribution in [0.2, 0.25) is 0 Å². The summed E-state index contributed by atoms with van der Waals surface area (Å²) in [6.07, 6.45) is 0.394. The number of carbonyl (C=O) groups is 1. The summed E-state index contributed by atoms with van der Waals surface area (Å²) in [7, 11) is -1.72. The SMILES string of the molecule is CCN(C)C(=O)CS(=O)(=O)CCC(C)N. The Morgan fingerprint density at radius 1 is 1.47 bits per heavy atom. The molecule has 0 fully saturated rings. The summed E-state index contributed by atoms with van der Waals surface area (Å²) in [4.78, 5) is 12.7. The van der Waals surface area contributed by atoms with Gasteiger partial charge in [-0.25, -0.2) is 8.42 Å². The second-order valence-electron chi connectivity index (χ2n) is 3.77. The molecule has 2 N–H and O–H groups in total. The van der Waals surface area contributed by atoms with Gasteiger partial charge in [-0.3, -0.25) is 4.79 Å². The number of hydrogen-bond donors (Lipinski definition) is 1. The lowest BCUT2D eigenvalue weighted by molar-refractivity contribution is -0.126. The van der Waals surface area contributed by atoms with Crippen LogP contribution in [0.1, 0.15) is 20.3 Å². The lowest BCUT2D eigenvalue weighted by atomic mass is 10.3. The van der Waals surface area contributed by atoms with E-state index >= 15 is 0 Å². The van der Waals surface area contributed by atoms with E-state index in [4.69, 9.17) is 5.73 Å². The van der Waals surface area contributed by atoms with Gasteiger partial charge in [0.2, 0.25) is 5.91 Å². The van der Waals surface area contributed by atoms with Crippen LogP contribution >= 0.6 is 0 Å². The van der Waals surface area contributed by atoms with E-state index in [2.05, 4.69) is 0 Å². The maximum Gasteiger partial charge on any atom is 0.237 e. The summed E-state index contributed by atoms with van der Waals surface area (Å²) in [5, 5.41) is 0.